The maximum absolute atomic E-state index is 10.6. The van der Waals surface area contributed by atoms with Crippen LogP contribution in [0.15, 0.2) is 15.7 Å². The number of hydrogen-bond acceptors (Lipinski definition) is 2. The summed E-state index contributed by atoms with van der Waals surface area (Å²) in [6.45, 7) is 2.21. The normalized spacial score (nSPS) is 10.9. The minimum atomic E-state index is 0.595. The molecule has 0 radical (unpaired) electrons. The first kappa shape index (κ1) is 11.7. The summed E-state index contributed by atoms with van der Waals surface area (Å²) in [5.74, 6) is 0. The first-order valence-electron chi connectivity index (χ1n) is 4.68. The van der Waals surface area contributed by atoms with E-state index in [1.165, 1.54) is 18.2 Å². The molecule has 0 N–H and O–H groups in total. The molecule has 3 heteroatoms. The monoisotopic (exact) mass is 274 g/mol. The van der Waals surface area contributed by atoms with Gasteiger partial charge in [-0.2, -0.15) is 0 Å². The van der Waals surface area contributed by atoms with Crippen LogP contribution in [0.25, 0.3) is 6.08 Å². The summed E-state index contributed by atoms with van der Waals surface area (Å²) < 4.78 is 0. The molecule has 1 rings (SSSR count). The number of hydrogen-bond donors (Lipinski definition) is 0. The Morgan fingerprint density at radius 1 is 1.43 bits per heavy atom. The molecule has 0 amide bonds. The molecule has 1 heterocycles. The average Bonchev–Trinajstić information content (AvgIpc) is 2.65. The maximum atomic E-state index is 10.6. The van der Waals surface area contributed by atoms with Crippen molar-refractivity contribution in [2.24, 2.45) is 0 Å². The van der Waals surface area contributed by atoms with Crippen molar-refractivity contribution in [1.29, 1.82) is 0 Å². The van der Waals surface area contributed by atoms with Crippen molar-refractivity contribution in [3.8, 4) is 0 Å². The zero-order valence-electron chi connectivity index (χ0n) is 8.23. The van der Waals surface area contributed by atoms with E-state index in [2.05, 4.69) is 18.0 Å². The van der Waals surface area contributed by atoms with Crippen LogP contribution < -0.4 is 0 Å². The molecule has 0 unspecified atom stereocenters. The Balaban J connectivity index is 2.39. The van der Waals surface area contributed by atoms with Gasteiger partial charge in [-0.05, 0) is 0 Å². The second-order valence-corrected chi connectivity index (χ2v) is 5.80. The Hall–Kier alpha value is -0.371. The van der Waals surface area contributed by atoms with E-state index in [0.717, 1.165) is 17.4 Å². The van der Waals surface area contributed by atoms with Gasteiger partial charge in [-0.15, -0.1) is 0 Å². The summed E-state index contributed by atoms with van der Waals surface area (Å²) in [5, 5.41) is 5.22. The van der Waals surface area contributed by atoms with Crippen LogP contribution in [0.2, 0.25) is 5.32 Å². The van der Waals surface area contributed by atoms with Gasteiger partial charge in [0, 0.05) is 0 Å². The zero-order chi connectivity index (χ0) is 10.2. The number of carbonyl (C=O) groups is 1. The fraction of sp³-hybridized carbons (Fsp3) is 0.364. The summed E-state index contributed by atoms with van der Waals surface area (Å²) >= 11 is 2.18. The molecule has 0 saturated heterocycles. The van der Waals surface area contributed by atoms with E-state index in [0.29, 0.717) is 15.0 Å². The van der Waals surface area contributed by atoms with Gasteiger partial charge in [0.15, 0.2) is 0 Å². The van der Waals surface area contributed by atoms with Crippen molar-refractivity contribution in [1.82, 2.24) is 0 Å². The van der Waals surface area contributed by atoms with Crippen LogP contribution in [0.4, 0.5) is 0 Å². The molecule has 0 saturated carbocycles. The van der Waals surface area contributed by atoms with Gasteiger partial charge < -0.3 is 0 Å². The Kier molecular flexibility index (Phi) is 5.84. The Bertz CT molecular complexity index is 304. The Labute approximate surface area is 95.4 Å². The number of thiophene rings is 1. The fourth-order valence-corrected chi connectivity index (χ4v) is 3.48. The molecule has 76 valence electrons. The quantitative estimate of drug-likeness (QED) is 0.441. The van der Waals surface area contributed by atoms with Gasteiger partial charge in [-0.25, -0.2) is 0 Å². The predicted octanol–water partition coefficient (Wildman–Crippen LogP) is 3.45. The standard InChI is InChI=1S/C11H14OSSe/c1-2-3-5-14-6-4-10-8-13-9-11(10)7-12/h4,6-9H,2-3,5H2,1H3/b6-4-. The molecule has 0 spiro atoms. The molecule has 0 fully saturated rings. The summed E-state index contributed by atoms with van der Waals surface area (Å²) in [4.78, 5) is 12.8. The molecule has 1 nitrogen and oxygen atoms in total. The summed E-state index contributed by atoms with van der Waals surface area (Å²) in [7, 11) is 0. The molecular weight excluding hydrogens is 259 g/mol. The van der Waals surface area contributed by atoms with Gasteiger partial charge in [0.05, 0.1) is 0 Å². The topological polar surface area (TPSA) is 17.1 Å². The summed E-state index contributed by atoms with van der Waals surface area (Å²) in [6, 6.07) is 0. The third-order valence-corrected chi connectivity index (χ3v) is 4.38. The molecule has 0 aliphatic rings. The van der Waals surface area contributed by atoms with E-state index in [9.17, 15) is 4.79 Å². The molecule has 1 aromatic rings. The Morgan fingerprint density at radius 2 is 2.21 bits per heavy atom. The molecule has 0 bridgehead atoms. The van der Waals surface area contributed by atoms with Crippen molar-refractivity contribution in [2.45, 2.75) is 25.1 Å². The second-order valence-electron chi connectivity index (χ2n) is 2.93. The van der Waals surface area contributed by atoms with Crippen LogP contribution in [0.1, 0.15) is 35.7 Å². The summed E-state index contributed by atoms with van der Waals surface area (Å²) in [6.07, 6.45) is 5.59. The van der Waals surface area contributed by atoms with Crippen LogP contribution in [-0.4, -0.2) is 21.2 Å². The number of carbonyl (C=O) groups excluding carboxylic acids is 1. The number of aldehydes is 1. The molecule has 0 aliphatic heterocycles. The van der Waals surface area contributed by atoms with Crippen molar-refractivity contribution in [3.63, 3.8) is 0 Å². The van der Waals surface area contributed by atoms with Crippen molar-refractivity contribution >= 4 is 38.7 Å². The van der Waals surface area contributed by atoms with E-state index in [1.807, 2.05) is 10.8 Å². The van der Waals surface area contributed by atoms with E-state index in [1.54, 1.807) is 11.3 Å². The average molecular weight is 273 g/mol. The predicted molar refractivity (Wildman–Crippen MR) is 64.2 cm³/mol. The van der Waals surface area contributed by atoms with Crippen LogP contribution in [0.5, 0.6) is 0 Å². The van der Waals surface area contributed by atoms with E-state index >= 15 is 0 Å². The first-order chi connectivity index (χ1) is 6.88. The second kappa shape index (κ2) is 6.99. The van der Waals surface area contributed by atoms with Crippen molar-refractivity contribution < 1.29 is 4.79 Å². The van der Waals surface area contributed by atoms with Crippen LogP contribution in [0.3, 0.4) is 0 Å². The SMILES string of the molecule is CCCC[Se]/C=C\c1cscc1C=O. The van der Waals surface area contributed by atoms with Crippen molar-refractivity contribution in [2.75, 3.05) is 0 Å². The molecule has 0 aromatic carbocycles. The van der Waals surface area contributed by atoms with Crippen molar-refractivity contribution in [3.05, 3.63) is 26.9 Å². The molecular formula is C11H14OSSe. The minimum absolute atomic E-state index is 0.595. The third-order valence-electron chi connectivity index (χ3n) is 1.81. The van der Waals surface area contributed by atoms with Crippen LogP contribution in [0, 0.1) is 0 Å². The van der Waals surface area contributed by atoms with Gasteiger partial charge in [-0.3, -0.25) is 0 Å². The molecule has 0 aliphatic carbocycles. The van der Waals surface area contributed by atoms with Gasteiger partial charge in [0.25, 0.3) is 0 Å². The molecule has 1 aromatic heterocycles. The van der Waals surface area contributed by atoms with Gasteiger partial charge in [0.2, 0.25) is 0 Å². The van der Waals surface area contributed by atoms with E-state index in [-0.39, 0.29) is 0 Å². The van der Waals surface area contributed by atoms with Crippen LogP contribution in [-0.2, 0) is 0 Å². The van der Waals surface area contributed by atoms with Gasteiger partial charge in [-0.1, -0.05) is 0 Å². The number of rotatable bonds is 6. The first-order valence-corrected chi connectivity index (χ1v) is 7.82. The number of unbranched alkanes of at least 4 members (excludes halogenated alkanes) is 1. The fourth-order valence-electron chi connectivity index (χ4n) is 0.965. The Morgan fingerprint density at radius 3 is 2.93 bits per heavy atom. The zero-order valence-corrected chi connectivity index (χ0v) is 10.8. The third kappa shape index (κ3) is 3.79. The summed E-state index contributed by atoms with van der Waals surface area (Å²) in [5.41, 5.74) is 1.89. The van der Waals surface area contributed by atoms with Gasteiger partial charge in [0.1, 0.15) is 0 Å². The van der Waals surface area contributed by atoms with E-state index < -0.39 is 0 Å². The molecule has 0 atom stereocenters. The molecule has 14 heavy (non-hydrogen) atoms. The van der Waals surface area contributed by atoms with Crippen LogP contribution >= 0.6 is 11.3 Å². The van der Waals surface area contributed by atoms with E-state index in [4.69, 9.17) is 0 Å². The van der Waals surface area contributed by atoms with Gasteiger partial charge >= 0.3 is 95.4 Å².